The van der Waals surface area contributed by atoms with Gasteiger partial charge in [0.05, 0.1) is 18.0 Å². The Labute approximate surface area is 189 Å². The highest BCUT2D eigenvalue weighted by molar-refractivity contribution is 7.89. The van der Waals surface area contributed by atoms with Crippen LogP contribution >= 0.6 is 0 Å². The van der Waals surface area contributed by atoms with Crippen LogP contribution in [0.1, 0.15) is 29.7 Å². The molecule has 2 atom stereocenters. The van der Waals surface area contributed by atoms with Crippen LogP contribution in [-0.2, 0) is 21.2 Å². The molecule has 168 valence electrons. The maximum Gasteiger partial charge on any atom is 0.241 e. The fourth-order valence-corrected chi connectivity index (χ4v) is 4.50. The number of methoxy groups -OCH3 is 1. The van der Waals surface area contributed by atoms with Gasteiger partial charge in [0, 0.05) is 0 Å². The predicted octanol–water partition coefficient (Wildman–Crippen LogP) is 3.77. The van der Waals surface area contributed by atoms with Crippen LogP contribution in [0.5, 0.6) is 5.75 Å². The zero-order valence-electron chi connectivity index (χ0n) is 18.4. The third kappa shape index (κ3) is 6.18. The number of hydrogen-bond acceptors (Lipinski definition) is 4. The summed E-state index contributed by atoms with van der Waals surface area (Å²) in [6, 6.07) is 22.0. The fraction of sp³-hybridized carbons (Fsp3) is 0.240. The zero-order valence-corrected chi connectivity index (χ0v) is 19.2. The molecule has 0 saturated heterocycles. The number of ether oxygens (including phenoxy) is 1. The van der Waals surface area contributed by atoms with Crippen LogP contribution in [-0.4, -0.2) is 27.5 Å². The number of amides is 1. The van der Waals surface area contributed by atoms with E-state index in [0.29, 0.717) is 0 Å². The van der Waals surface area contributed by atoms with Crippen molar-refractivity contribution in [3.8, 4) is 5.75 Å². The molecule has 32 heavy (non-hydrogen) atoms. The van der Waals surface area contributed by atoms with Crippen molar-refractivity contribution in [1.29, 1.82) is 0 Å². The summed E-state index contributed by atoms with van der Waals surface area (Å²) in [6.45, 7) is 3.74. The Morgan fingerprint density at radius 3 is 2.16 bits per heavy atom. The molecule has 3 aromatic rings. The monoisotopic (exact) mass is 452 g/mol. The molecular formula is C25H28N2O4S. The Hall–Kier alpha value is -3.16. The largest absolute Gasteiger partial charge is 0.497 e. The van der Waals surface area contributed by atoms with Gasteiger partial charge in [-0.1, -0.05) is 60.2 Å². The fourth-order valence-electron chi connectivity index (χ4n) is 3.30. The molecule has 3 rings (SSSR count). The SMILES string of the molecule is COc1ccc([C@@H](C)NC(=O)[C@@H](Cc2ccccc2)NS(=O)(=O)c2ccc(C)cc2)cc1. The first-order valence-corrected chi connectivity index (χ1v) is 11.8. The average Bonchev–Trinajstić information content (AvgIpc) is 2.79. The highest BCUT2D eigenvalue weighted by Crippen LogP contribution is 2.18. The van der Waals surface area contributed by atoms with E-state index in [1.807, 2.05) is 68.4 Å². The molecule has 0 aliphatic carbocycles. The zero-order chi connectivity index (χ0) is 23.1. The molecule has 0 saturated carbocycles. The molecular weight excluding hydrogens is 424 g/mol. The van der Waals surface area contributed by atoms with Gasteiger partial charge in [-0.2, -0.15) is 4.72 Å². The van der Waals surface area contributed by atoms with Gasteiger partial charge in [-0.3, -0.25) is 4.79 Å². The summed E-state index contributed by atoms with van der Waals surface area (Å²) in [7, 11) is -2.29. The molecule has 1 amide bonds. The van der Waals surface area contributed by atoms with Gasteiger partial charge in [-0.05, 0) is 55.7 Å². The van der Waals surface area contributed by atoms with Crippen LogP contribution in [0.2, 0.25) is 0 Å². The van der Waals surface area contributed by atoms with E-state index in [2.05, 4.69) is 10.0 Å². The highest BCUT2D eigenvalue weighted by atomic mass is 32.2. The second-order valence-electron chi connectivity index (χ2n) is 7.68. The van der Waals surface area contributed by atoms with E-state index in [9.17, 15) is 13.2 Å². The van der Waals surface area contributed by atoms with Crippen molar-refractivity contribution < 1.29 is 17.9 Å². The van der Waals surface area contributed by atoms with Crippen molar-refractivity contribution in [2.75, 3.05) is 7.11 Å². The van der Waals surface area contributed by atoms with Crippen molar-refractivity contribution in [3.05, 3.63) is 95.6 Å². The van der Waals surface area contributed by atoms with E-state index in [1.54, 1.807) is 19.2 Å². The molecule has 0 aromatic heterocycles. The van der Waals surface area contributed by atoms with Crippen LogP contribution in [0.3, 0.4) is 0 Å². The van der Waals surface area contributed by atoms with Gasteiger partial charge < -0.3 is 10.1 Å². The minimum atomic E-state index is -3.88. The van der Waals surface area contributed by atoms with Crippen LogP contribution in [0.25, 0.3) is 0 Å². The average molecular weight is 453 g/mol. The number of sulfonamides is 1. The molecule has 0 fully saturated rings. The molecule has 7 heteroatoms. The molecule has 0 bridgehead atoms. The van der Waals surface area contributed by atoms with E-state index in [0.717, 1.165) is 22.4 Å². The van der Waals surface area contributed by atoms with Crippen molar-refractivity contribution in [2.45, 2.75) is 37.2 Å². The lowest BCUT2D eigenvalue weighted by Gasteiger charge is -2.22. The maximum atomic E-state index is 13.2. The Kier molecular flexibility index (Phi) is 7.66. The van der Waals surface area contributed by atoms with Crippen molar-refractivity contribution in [2.24, 2.45) is 0 Å². The molecule has 0 radical (unpaired) electrons. The van der Waals surface area contributed by atoms with Crippen LogP contribution in [0, 0.1) is 6.92 Å². The van der Waals surface area contributed by atoms with Gasteiger partial charge in [0.25, 0.3) is 0 Å². The van der Waals surface area contributed by atoms with E-state index in [-0.39, 0.29) is 17.4 Å². The molecule has 0 unspecified atom stereocenters. The number of rotatable bonds is 9. The maximum absolute atomic E-state index is 13.2. The molecule has 0 aliphatic rings. The predicted molar refractivity (Wildman–Crippen MR) is 125 cm³/mol. The van der Waals surface area contributed by atoms with Crippen molar-refractivity contribution in [3.63, 3.8) is 0 Å². The molecule has 2 N–H and O–H groups in total. The van der Waals surface area contributed by atoms with Gasteiger partial charge in [0.1, 0.15) is 11.8 Å². The van der Waals surface area contributed by atoms with E-state index in [4.69, 9.17) is 4.74 Å². The van der Waals surface area contributed by atoms with Crippen LogP contribution < -0.4 is 14.8 Å². The van der Waals surface area contributed by atoms with Crippen LogP contribution in [0.4, 0.5) is 0 Å². The van der Waals surface area contributed by atoms with Gasteiger partial charge in [-0.25, -0.2) is 8.42 Å². The Morgan fingerprint density at radius 1 is 0.938 bits per heavy atom. The molecule has 0 aliphatic heterocycles. The third-order valence-corrected chi connectivity index (χ3v) is 6.69. The Bertz CT molecular complexity index is 1130. The van der Waals surface area contributed by atoms with Gasteiger partial charge in [0.2, 0.25) is 15.9 Å². The molecule has 3 aromatic carbocycles. The summed E-state index contributed by atoms with van der Waals surface area (Å²) in [5.74, 6) is 0.327. The lowest BCUT2D eigenvalue weighted by molar-refractivity contribution is -0.123. The summed E-state index contributed by atoms with van der Waals surface area (Å²) in [4.78, 5) is 13.3. The quantitative estimate of drug-likeness (QED) is 0.518. The van der Waals surface area contributed by atoms with Crippen LogP contribution in [0.15, 0.2) is 83.8 Å². The lowest BCUT2D eigenvalue weighted by atomic mass is 10.0. The van der Waals surface area contributed by atoms with Crippen molar-refractivity contribution in [1.82, 2.24) is 10.0 Å². The molecule has 6 nitrogen and oxygen atoms in total. The standard InChI is InChI=1S/C25H28N2O4S/c1-18-9-15-23(16-10-18)32(29,30)27-24(17-20-7-5-4-6-8-20)25(28)26-19(2)21-11-13-22(31-3)14-12-21/h4-16,19,24,27H,17H2,1-3H3,(H,26,28)/t19-,24-/m1/s1. The summed E-state index contributed by atoms with van der Waals surface area (Å²) in [5, 5.41) is 2.93. The first-order chi connectivity index (χ1) is 15.3. The summed E-state index contributed by atoms with van der Waals surface area (Å²) in [5.41, 5.74) is 2.70. The van der Waals surface area contributed by atoms with Gasteiger partial charge >= 0.3 is 0 Å². The first-order valence-electron chi connectivity index (χ1n) is 10.4. The number of nitrogens with one attached hydrogen (secondary N) is 2. The second kappa shape index (κ2) is 10.4. The van der Waals surface area contributed by atoms with Gasteiger partial charge in [0.15, 0.2) is 0 Å². The topological polar surface area (TPSA) is 84.5 Å². The summed E-state index contributed by atoms with van der Waals surface area (Å²) >= 11 is 0. The lowest BCUT2D eigenvalue weighted by Crippen LogP contribution is -2.48. The Balaban J connectivity index is 1.81. The molecule has 0 spiro atoms. The second-order valence-corrected chi connectivity index (χ2v) is 9.39. The van der Waals surface area contributed by atoms with Gasteiger partial charge in [-0.15, -0.1) is 0 Å². The number of carbonyl (C=O) groups excluding carboxylic acids is 1. The number of hydrogen-bond donors (Lipinski definition) is 2. The first kappa shape index (κ1) is 23.5. The minimum Gasteiger partial charge on any atom is -0.497 e. The summed E-state index contributed by atoms with van der Waals surface area (Å²) < 4.78 is 33.7. The highest BCUT2D eigenvalue weighted by Gasteiger charge is 2.27. The number of benzene rings is 3. The smallest absolute Gasteiger partial charge is 0.241 e. The number of aryl methyl sites for hydroxylation is 1. The Morgan fingerprint density at radius 2 is 1.56 bits per heavy atom. The van der Waals surface area contributed by atoms with E-state index in [1.165, 1.54) is 12.1 Å². The van der Waals surface area contributed by atoms with Crippen molar-refractivity contribution >= 4 is 15.9 Å². The summed E-state index contributed by atoms with van der Waals surface area (Å²) in [6.07, 6.45) is 0.229. The number of carbonyl (C=O) groups is 1. The minimum absolute atomic E-state index is 0.122. The van der Waals surface area contributed by atoms with E-state index < -0.39 is 22.0 Å². The normalized spacial score (nSPS) is 13.2. The van der Waals surface area contributed by atoms with E-state index >= 15 is 0 Å². The third-order valence-electron chi connectivity index (χ3n) is 5.20. The molecule has 0 heterocycles.